The molecule has 0 aliphatic carbocycles. The molecule has 17 heavy (non-hydrogen) atoms. The molecule has 1 aromatic heterocycles. The summed E-state index contributed by atoms with van der Waals surface area (Å²) in [7, 11) is 0. The molecule has 0 aliphatic heterocycles. The van der Waals surface area contributed by atoms with E-state index in [0.717, 1.165) is 6.07 Å². The predicted molar refractivity (Wildman–Crippen MR) is 40.5 cm³/mol. The topological polar surface area (TPSA) is 45.9 Å². The first-order valence-corrected chi connectivity index (χ1v) is 3.89. The van der Waals surface area contributed by atoms with Gasteiger partial charge in [0.05, 0.1) is 5.56 Å². The first kappa shape index (κ1) is 13.1. The number of aromatic nitrogens is 1. The Morgan fingerprint density at radius 2 is 1.94 bits per heavy atom. The molecule has 3 nitrogen and oxygen atoms in total. The summed E-state index contributed by atoms with van der Waals surface area (Å²) in [6, 6.07) is 1.24. The molecule has 0 radical (unpaired) electrons. The van der Waals surface area contributed by atoms with Crippen molar-refractivity contribution in [2.45, 2.75) is 12.8 Å². The van der Waals surface area contributed by atoms with Crippen molar-refractivity contribution >= 4 is 0 Å². The summed E-state index contributed by atoms with van der Waals surface area (Å²) >= 11 is 0. The summed E-state index contributed by atoms with van der Waals surface area (Å²) in [5, 5.41) is 8.34. The normalized spacial score (nSPS) is 11.4. The van der Waals surface area contributed by atoms with Gasteiger partial charge in [0.15, 0.2) is 11.4 Å². The van der Waals surface area contributed by atoms with E-state index in [2.05, 4.69) is 9.72 Å². The van der Waals surface area contributed by atoms with E-state index in [1.165, 1.54) is 0 Å². The SMILES string of the molecule is N#Cc1nc(F)c(OC(F)(F)F)cc1C(F)F. The molecular weight excluding hydrogens is 254 g/mol. The minimum Gasteiger partial charge on any atom is -0.401 e. The fraction of sp³-hybridized carbons (Fsp3) is 0.250. The van der Waals surface area contributed by atoms with Crippen LogP contribution in [-0.4, -0.2) is 11.3 Å². The van der Waals surface area contributed by atoms with Gasteiger partial charge in [0, 0.05) is 0 Å². The summed E-state index contributed by atoms with van der Waals surface area (Å²) < 4.78 is 75.9. The molecule has 1 rings (SSSR count). The molecule has 0 N–H and O–H groups in total. The quantitative estimate of drug-likeness (QED) is 0.603. The standard InChI is InChI=1S/C8H2F6N2O/c9-6(10)3-1-5(17-8(12,13)14)7(11)16-4(3)2-15/h1,6H. The van der Waals surface area contributed by atoms with Gasteiger partial charge < -0.3 is 4.74 Å². The van der Waals surface area contributed by atoms with Crippen molar-refractivity contribution < 1.29 is 31.1 Å². The number of hydrogen-bond acceptors (Lipinski definition) is 3. The molecule has 0 amide bonds. The zero-order chi connectivity index (χ0) is 13.2. The molecule has 0 aliphatic rings. The third-order valence-corrected chi connectivity index (χ3v) is 1.54. The van der Waals surface area contributed by atoms with Gasteiger partial charge in [-0.15, -0.1) is 13.2 Å². The van der Waals surface area contributed by atoms with Gasteiger partial charge in [0.25, 0.3) is 12.4 Å². The lowest BCUT2D eigenvalue weighted by atomic mass is 10.2. The summed E-state index contributed by atoms with van der Waals surface area (Å²) in [6.45, 7) is 0. The Labute approximate surface area is 90.2 Å². The van der Waals surface area contributed by atoms with E-state index in [1.54, 1.807) is 0 Å². The second-order valence-electron chi connectivity index (χ2n) is 2.68. The van der Waals surface area contributed by atoms with Crippen LogP contribution in [0.25, 0.3) is 0 Å². The van der Waals surface area contributed by atoms with Crippen LogP contribution in [0.15, 0.2) is 6.07 Å². The first-order valence-electron chi connectivity index (χ1n) is 3.89. The molecular formula is C8H2F6N2O. The highest BCUT2D eigenvalue weighted by atomic mass is 19.4. The smallest absolute Gasteiger partial charge is 0.401 e. The number of alkyl halides is 5. The van der Waals surface area contributed by atoms with Crippen molar-refractivity contribution in [2.75, 3.05) is 0 Å². The predicted octanol–water partition coefficient (Wildman–Crippen LogP) is 2.93. The van der Waals surface area contributed by atoms with Crippen molar-refractivity contribution in [3.8, 4) is 11.8 Å². The Kier molecular flexibility index (Phi) is 3.45. The number of rotatable bonds is 2. The van der Waals surface area contributed by atoms with Gasteiger partial charge in [0.1, 0.15) is 6.07 Å². The molecule has 0 aromatic carbocycles. The van der Waals surface area contributed by atoms with Crippen molar-refractivity contribution in [1.29, 1.82) is 5.26 Å². The van der Waals surface area contributed by atoms with Crippen molar-refractivity contribution in [1.82, 2.24) is 4.98 Å². The van der Waals surface area contributed by atoms with Crippen LogP contribution >= 0.6 is 0 Å². The van der Waals surface area contributed by atoms with Gasteiger partial charge in [0.2, 0.25) is 0 Å². The highest BCUT2D eigenvalue weighted by Gasteiger charge is 2.33. The molecule has 0 saturated heterocycles. The summed E-state index contributed by atoms with van der Waals surface area (Å²) in [5.41, 5.74) is -2.12. The Bertz CT molecular complexity index is 464. The number of ether oxygens (including phenoxy) is 1. The van der Waals surface area contributed by atoms with Crippen LogP contribution in [0.1, 0.15) is 17.7 Å². The Morgan fingerprint density at radius 1 is 1.35 bits per heavy atom. The van der Waals surface area contributed by atoms with Crippen LogP contribution in [0.3, 0.4) is 0 Å². The highest BCUT2D eigenvalue weighted by molar-refractivity contribution is 5.37. The lowest BCUT2D eigenvalue weighted by molar-refractivity contribution is -0.275. The molecule has 0 unspecified atom stereocenters. The minimum atomic E-state index is -5.24. The monoisotopic (exact) mass is 256 g/mol. The number of pyridine rings is 1. The molecule has 0 saturated carbocycles. The molecule has 0 spiro atoms. The third-order valence-electron chi connectivity index (χ3n) is 1.54. The molecule has 92 valence electrons. The van der Waals surface area contributed by atoms with Gasteiger partial charge in [-0.25, -0.2) is 13.8 Å². The van der Waals surface area contributed by atoms with E-state index in [0.29, 0.717) is 0 Å². The van der Waals surface area contributed by atoms with Gasteiger partial charge in [-0.05, 0) is 6.07 Å². The maximum absolute atomic E-state index is 12.9. The fourth-order valence-electron chi connectivity index (χ4n) is 0.939. The third kappa shape index (κ3) is 3.24. The van der Waals surface area contributed by atoms with Crippen LogP contribution < -0.4 is 4.74 Å². The molecule has 0 bridgehead atoms. The van der Waals surface area contributed by atoms with E-state index in [1.807, 2.05) is 0 Å². The second kappa shape index (κ2) is 4.48. The Morgan fingerprint density at radius 3 is 2.35 bits per heavy atom. The number of halogens is 6. The first-order chi connectivity index (χ1) is 7.74. The summed E-state index contributed by atoms with van der Waals surface area (Å²) in [4.78, 5) is 2.66. The molecule has 0 atom stereocenters. The maximum Gasteiger partial charge on any atom is 0.573 e. The van der Waals surface area contributed by atoms with Crippen LogP contribution in [0.4, 0.5) is 26.3 Å². The van der Waals surface area contributed by atoms with Crippen LogP contribution in [0.5, 0.6) is 5.75 Å². The number of hydrogen-bond donors (Lipinski definition) is 0. The van der Waals surface area contributed by atoms with Crippen molar-refractivity contribution in [3.63, 3.8) is 0 Å². The van der Waals surface area contributed by atoms with E-state index >= 15 is 0 Å². The van der Waals surface area contributed by atoms with E-state index in [9.17, 15) is 26.3 Å². The van der Waals surface area contributed by atoms with E-state index in [4.69, 9.17) is 5.26 Å². The van der Waals surface area contributed by atoms with Crippen LogP contribution in [-0.2, 0) is 0 Å². The van der Waals surface area contributed by atoms with Crippen molar-refractivity contribution in [2.24, 2.45) is 0 Å². The average Bonchev–Trinajstić information content (AvgIpc) is 2.18. The van der Waals surface area contributed by atoms with Gasteiger partial charge in [-0.3, -0.25) is 0 Å². The molecule has 0 fully saturated rings. The maximum atomic E-state index is 12.9. The Hall–Kier alpha value is -1.98. The van der Waals surface area contributed by atoms with Crippen molar-refractivity contribution in [3.05, 3.63) is 23.3 Å². The number of nitrogens with zero attached hydrogens (tertiary/aromatic N) is 2. The fourth-order valence-corrected chi connectivity index (χ4v) is 0.939. The zero-order valence-electron chi connectivity index (χ0n) is 7.73. The lowest BCUT2D eigenvalue weighted by Gasteiger charge is -2.11. The Balaban J connectivity index is 3.26. The van der Waals surface area contributed by atoms with Crippen LogP contribution in [0, 0.1) is 17.3 Å². The highest BCUT2D eigenvalue weighted by Crippen LogP contribution is 2.30. The summed E-state index contributed by atoms with van der Waals surface area (Å²) in [5.74, 6) is -3.30. The minimum absolute atomic E-state index is 0.0963. The number of nitriles is 1. The largest absolute Gasteiger partial charge is 0.573 e. The molecule has 1 aromatic rings. The van der Waals surface area contributed by atoms with Gasteiger partial charge >= 0.3 is 6.36 Å². The molecule has 1 heterocycles. The second-order valence-corrected chi connectivity index (χ2v) is 2.68. The zero-order valence-corrected chi connectivity index (χ0v) is 7.73. The van der Waals surface area contributed by atoms with E-state index < -0.39 is 35.7 Å². The van der Waals surface area contributed by atoms with Crippen LogP contribution in [0.2, 0.25) is 0 Å². The lowest BCUT2D eigenvalue weighted by Crippen LogP contribution is -2.19. The van der Waals surface area contributed by atoms with Gasteiger partial charge in [-0.2, -0.15) is 9.65 Å². The summed E-state index contributed by atoms with van der Waals surface area (Å²) in [6.07, 6.45) is -8.51. The molecule has 9 heteroatoms. The average molecular weight is 256 g/mol. The van der Waals surface area contributed by atoms with E-state index in [-0.39, 0.29) is 6.07 Å². The van der Waals surface area contributed by atoms with Gasteiger partial charge in [-0.1, -0.05) is 0 Å².